The minimum atomic E-state index is -0.804. The van der Waals surface area contributed by atoms with Crippen molar-refractivity contribution >= 4 is 11.8 Å². The lowest BCUT2D eigenvalue weighted by Crippen LogP contribution is -1.93. The molecule has 17 heavy (non-hydrogen) atoms. The lowest BCUT2D eigenvalue weighted by atomic mass is 10.1. The van der Waals surface area contributed by atoms with E-state index in [-0.39, 0.29) is 11.3 Å². The van der Waals surface area contributed by atoms with Crippen LogP contribution in [-0.2, 0) is 0 Å². The summed E-state index contributed by atoms with van der Waals surface area (Å²) in [7, 11) is 1.22. The lowest BCUT2D eigenvalue weighted by Gasteiger charge is -2.04. The van der Waals surface area contributed by atoms with Crippen LogP contribution in [0.1, 0.15) is 5.56 Å². The molecule has 1 N–H and O–H groups in total. The number of phenols is 1. The monoisotopic (exact) mass is 240 g/mol. The van der Waals surface area contributed by atoms with Gasteiger partial charge in [-0.25, -0.2) is 0 Å². The third-order valence-corrected chi connectivity index (χ3v) is 1.88. The summed E-state index contributed by atoms with van der Waals surface area (Å²) in [6, 6.07) is 2.26. The van der Waals surface area contributed by atoms with Gasteiger partial charge >= 0.3 is 5.69 Å². The average Bonchev–Trinajstić information content (AvgIpc) is 2.27. The fourth-order valence-electron chi connectivity index (χ4n) is 1.15. The summed E-state index contributed by atoms with van der Waals surface area (Å²) in [5.41, 5.74) is -0.393. The third kappa shape index (κ3) is 2.91. The van der Waals surface area contributed by atoms with Crippen LogP contribution in [0.4, 0.5) is 5.69 Å². The van der Waals surface area contributed by atoms with E-state index in [9.17, 15) is 25.3 Å². The largest absolute Gasteiger partial charge is 0.500 e. The SMILES string of the molecule is COc1cc(C=C[N+](=O)[O-])cc([N+](=O)[O-])c1O. The van der Waals surface area contributed by atoms with Crippen molar-refractivity contribution < 1.29 is 19.7 Å². The smallest absolute Gasteiger partial charge is 0.315 e. The van der Waals surface area contributed by atoms with Gasteiger partial charge in [0, 0.05) is 12.1 Å². The molecule has 0 aliphatic rings. The summed E-state index contributed by atoms with van der Waals surface area (Å²) in [5.74, 6) is -0.738. The van der Waals surface area contributed by atoms with E-state index in [0.717, 1.165) is 12.1 Å². The van der Waals surface area contributed by atoms with Crippen molar-refractivity contribution in [3.63, 3.8) is 0 Å². The number of benzene rings is 1. The highest BCUT2D eigenvalue weighted by molar-refractivity contribution is 5.63. The Balaban J connectivity index is 3.30. The molecule has 0 saturated heterocycles. The normalized spacial score (nSPS) is 10.4. The lowest BCUT2D eigenvalue weighted by molar-refractivity contribution is -0.400. The van der Waals surface area contributed by atoms with Crippen molar-refractivity contribution in [2.75, 3.05) is 7.11 Å². The molecule has 0 amide bonds. The van der Waals surface area contributed by atoms with Crippen LogP contribution in [0.3, 0.4) is 0 Å². The van der Waals surface area contributed by atoms with E-state index in [1.807, 2.05) is 0 Å². The number of nitro groups is 2. The standard InChI is InChI=1S/C9H8N2O6/c1-17-8-5-6(2-3-10(13)14)4-7(9(8)12)11(15)16/h2-5,12H,1H3. The molecule has 0 spiro atoms. The van der Waals surface area contributed by atoms with Gasteiger partial charge in [0.2, 0.25) is 11.9 Å². The van der Waals surface area contributed by atoms with Crippen molar-refractivity contribution in [2.24, 2.45) is 0 Å². The van der Waals surface area contributed by atoms with Gasteiger partial charge in [0.05, 0.1) is 17.0 Å². The highest BCUT2D eigenvalue weighted by Gasteiger charge is 2.19. The first-order valence-corrected chi connectivity index (χ1v) is 4.32. The molecule has 0 saturated carbocycles. The maximum absolute atomic E-state index is 10.6. The van der Waals surface area contributed by atoms with E-state index < -0.39 is 21.3 Å². The van der Waals surface area contributed by atoms with Gasteiger partial charge in [-0.2, -0.15) is 0 Å². The number of hydrogen-bond acceptors (Lipinski definition) is 6. The zero-order valence-electron chi connectivity index (χ0n) is 8.69. The molecule has 8 nitrogen and oxygen atoms in total. The molecule has 0 bridgehead atoms. The topological polar surface area (TPSA) is 116 Å². The molecule has 90 valence electrons. The molecule has 1 rings (SSSR count). The van der Waals surface area contributed by atoms with Crippen LogP contribution in [-0.4, -0.2) is 22.1 Å². The number of nitrogens with zero attached hydrogens (tertiary/aromatic N) is 2. The highest BCUT2D eigenvalue weighted by Crippen LogP contribution is 2.37. The number of nitro benzene ring substituents is 1. The Morgan fingerprint density at radius 3 is 2.47 bits per heavy atom. The van der Waals surface area contributed by atoms with E-state index in [2.05, 4.69) is 0 Å². The van der Waals surface area contributed by atoms with Gasteiger partial charge in [-0.3, -0.25) is 20.2 Å². The first-order chi connectivity index (χ1) is 7.95. The number of methoxy groups -OCH3 is 1. The summed E-state index contributed by atoms with van der Waals surface area (Å²) >= 11 is 0. The molecule has 0 unspecified atom stereocenters. The first kappa shape index (κ1) is 12.4. The second kappa shape index (κ2) is 4.92. The Labute approximate surface area is 95.1 Å². The molecule has 0 aliphatic heterocycles. The molecule has 0 fully saturated rings. The minimum Gasteiger partial charge on any atom is -0.500 e. The minimum absolute atomic E-state index is 0.123. The van der Waals surface area contributed by atoms with Gasteiger partial charge in [0.15, 0.2) is 5.75 Å². The van der Waals surface area contributed by atoms with Crippen LogP contribution < -0.4 is 4.74 Å². The predicted molar refractivity (Wildman–Crippen MR) is 57.3 cm³/mol. The maximum Gasteiger partial charge on any atom is 0.315 e. The number of ether oxygens (including phenoxy) is 1. The first-order valence-electron chi connectivity index (χ1n) is 4.32. The molecule has 1 aromatic rings. The quantitative estimate of drug-likeness (QED) is 0.630. The zero-order chi connectivity index (χ0) is 13.0. The second-order valence-corrected chi connectivity index (χ2v) is 2.95. The zero-order valence-corrected chi connectivity index (χ0v) is 8.69. The van der Waals surface area contributed by atoms with Crippen LogP contribution in [0.5, 0.6) is 11.5 Å². The molecule has 0 aliphatic carbocycles. The Morgan fingerprint density at radius 1 is 1.35 bits per heavy atom. The van der Waals surface area contributed by atoms with E-state index >= 15 is 0 Å². The van der Waals surface area contributed by atoms with E-state index in [0.29, 0.717) is 6.20 Å². The number of phenolic OH excluding ortho intramolecular Hbond substituents is 1. The van der Waals surface area contributed by atoms with Crippen LogP contribution in [0, 0.1) is 20.2 Å². The van der Waals surface area contributed by atoms with Crippen molar-refractivity contribution in [3.8, 4) is 11.5 Å². The van der Waals surface area contributed by atoms with Gasteiger partial charge in [0.1, 0.15) is 0 Å². The van der Waals surface area contributed by atoms with Gasteiger partial charge < -0.3 is 9.84 Å². The number of aromatic hydroxyl groups is 1. The fraction of sp³-hybridized carbons (Fsp3) is 0.111. The van der Waals surface area contributed by atoms with Crippen LogP contribution in [0.2, 0.25) is 0 Å². The molecule has 0 aromatic heterocycles. The van der Waals surface area contributed by atoms with Crippen molar-refractivity contribution in [2.45, 2.75) is 0 Å². The van der Waals surface area contributed by atoms with Gasteiger partial charge in [-0.1, -0.05) is 0 Å². The maximum atomic E-state index is 10.6. The Kier molecular flexibility index (Phi) is 3.60. The summed E-state index contributed by atoms with van der Waals surface area (Å²) in [6.07, 6.45) is 1.70. The van der Waals surface area contributed by atoms with Crippen LogP contribution in [0.25, 0.3) is 6.08 Å². The number of hydrogen-bond donors (Lipinski definition) is 1. The summed E-state index contributed by atoms with van der Waals surface area (Å²) in [4.78, 5) is 19.2. The van der Waals surface area contributed by atoms with Crippen molar-refractivity contribution in [1.82, 2.24) is 0 Å². The van der Waals surface area contributed by atoms with Gasteiger partial charge in [-0.05, 0) is 11.6 Å². The van der Waals surface area contributed by atoms with Crippen molar-refractivity contribution in [3.05, 3.63) is 44.1 Å². The van der Waals surface area contributed by atoms with Crippen LogP contribution in [0.15, 0.2) is 18.3 Å². The second-order valence-electron chi connectivity index (χ2n) is 2.95. The predicted octanol–water partition coefficient (Wildman–Crippen LogP) is 1.56. The van der Waals surface area contributed by atoms with Gasteiger partial charge in [0.25, 0.3) is 0 Å². The molecule has 8 heteroatoms. The molecular weight excluding hydrogens is 232 g/mol. The molecule has 0 heterocycles. The summed E-state index contributed by atoms with van der Waals surface area (Å²) in [6.45, 7) is 0. The van der Waals surface area contributed by atoms with E-state index in [1.165, 1.54) is 13.2 Å². The van der Waals surface area contributed by atoms with Gasteiger partial charge in [-0.15, -0.1) is 0 Å². The fourth-order valence-corrected chi connectivity index (χ4v) is 1.15. The van der Waals surface area contributed by atoms with Crippen molar-refractivity contribution in [1.29, 1.82) is 0 Å². The number of rotatable bonds is 4. The van der Waals surface area contributed by atoms with Crippen LogP contribution >= 0.6 is 0 Å². The molecule has 0 atom stereocenters. The highest BCUT2D eigenvalue weighted by atomic mass is 16.6. The summed E-state index contributed by atoms with van der Waals surface area (Å²) < 4.78 is 4.73. The average molecular weight is 240 g/mol. The molecular formula is C9H8N2O6. The van der Waals surface area contributed by atoms with E-state index in [4.69, 9.17) is 4.74 Å². The summed E-state index contributed by atoms with van der Waals surface area (Å²) in [5, 5.41) is 30.2. The Hall–Kier alpha value is -2.64. The van der Waals surface area contributed by atoms with E-state index in [1.54, 1.807) is 0 Å². The molecule has 0 radical (unpaired) electrons. The molecule has 1 aromatic carbocycles. The Bertz CT molecular complexity index is 497. The Morgan fingerprint density at radius 2 is 2.00 bits per heavy atom. The third-order valence-electron chi connectivity index (χ3n) is 1.88.